The maximum absolute atomic E-state index is 11.8. The molecule has 1 amide bonds. The van der Waals surface area contributed by atoms with Crippen molar-refractivity contribution in [3.63, 3.8) is 0 Å². The molecule has 5 N–H and O–H groups in total. The van der Waals surface area contributed by atoms with Gasteiger partial charge in [0.1, 0.15) is 5.60 Å². The van der Waals surface area contributed by atoms with Crippen LogP contribution in [0.15, 0.2) is 32.9 Å². The van der Waals surface area contributed by atoms with Gasteiger partial charge in [-0.2, -0.15) is 5.10 Å². The van der Waals surface area contributed by atoms with Crippen LogP contribution < -0.4 is 16.8 Å². The zero-order valence-electron chi connectivity index (χ0n) is 12.1. The number of nitrogens with zero attached hydrogens (tertiary/aromatic N) is 2. The second kappa shape index (κ2) is 7.07. The largest absolute Gasteiger partial charge is 0.444 e. The number of ether oxygens (including phenoxy) is 1. The van der Waals surface area contributed by atoms with Crippen molar-refractivity contribution in [1.29, 1.82) is 0 Å². The third-order valence-electron chi connectivity index (χ3n) is 2.02. The molecule has 1 aromatic rings. The number of nitrogens with one attached hydrogen (secondary N) is 1. The Hall–Kier alpha value is -2.09. The Balaban J connectivity index is 2.94. The number of amides is 1. The molecule has 0 aromatic heterocycles. The molecule has 114 valence electrons. The fraction of sp³-hybridized carbons (Fsp3) is 0.308. The van der Waals surface area contributed by atoms with Gasteiger partial charge in [-0.3, -0.25) is 5.32 Å². The summed E-state index contributed by atoms with van der Waals surface area (Å²) in [6.07, 6.45) is 0.873. The number of halogens is 1. The third-order valence-corrected chi connectivity index (χ3v) is 2.51. The third kappa shape index (κ3) is 6.75. The predicted molar refractivity (Wildman–Crippen MR) is 87.4 cm³/mol. The van der Waals surface area contributed by atoms with Crippen LogP contribution in [0.25, 0.3) is 0 Å². The topological polar surface area (TPSA) is 115 Å². The van der Waals surface area contributed by atoms with Crippen molar-refractivity contribution in [1.82, 2.24) is 0 Å². The lowest BCUT2D eigenvalue weighted by Gasteiger charge is -2.20. The van der Waals surface area contributed by atoms with E-state index in [4.69, 9.17) is 16.2 Å². The minimum absolute atomic E-state index is 0.150. The normalized spacial score (nSPS) is 11.2. The highest BCUT2D eigenvalue weighted by Gasteiger charge is 2.17. The van der Waals surface area contributed by atoms with E-state index < -0.39 is 11.7 Å². The molecule has 0 aliphatic rings. The number of carbonyl (C=O) groups excluding carboxylic acids is 1. The zero-order chi connectivity index (χ0) is 16.0. The lowest BCUT2D eigenvalue weighted by molar-refractivity contribution is 0.0636. The van der Waals surface area contributed by atoms with Gasteiger partial charge in [-0.15, -0.1) is 5.10 Å². The van der Waals surface area contributed by atoms with Gasteiger partial charge in [-0.1, -0.05) is 15.9 Å². The van der Waals surface area contributed by atoms with Gasteiger partial charge in [-0.25, -0.2) is 4.79 Å². The first kappa shape index (κ1) is 17.0. The summed E-state index contributed by atoms with van der Waals surface area (Å²) in [5, 5.41) is 9.88. The van der Waals surface area contributed by atoms with Crippen LogP contribution in [-0.4, -0.2) is 23.9 Å². The zero-order valence-corrected chi connectivity index (χ0v) is 13.6. The molecule has 0 aliphatic heterocycles. The molecule has 8 heteroatoms. The monoisotopic (exact) mass is 355 g/mol. The molecule has 0 atom stereocenters. The van der Waals surface area contributed by atoms with Gasteiger partial charge in [0.25, 0.3) is 0 Å². The molecule has 0 radical (unpaired) electrons. The van der Waals surface area contributed by atoms with Crippen LogP contribution >= 0.6 is 15.9 Å². The van der Waals surface area contributed by atoms with E-state index in [0.717, 1.165) is 4.47 Å². The summed E-state index contributed by atoms with van der Waals surface area (Å²) < 4.78 is 6.02. The number of hydrogen-bond acceptors (Lipinski definition) is 4. The van der Waals surface area contributed by atoms with Crippen molar-refractivity contribution in [3.05, 3.63) is 28.2 Å². The highest BCUT2D eigenvalue weighted by atomic mass is 79.9. The van der Waals surface area contributed by atoms with Crippen LogP contribution in [0, 0.1) is 0 Å². The molecule has 1 rings (SSSR count). The van der Waals surface area contributed by atoms with Crippen molar-refractivity contribution in [2.45, 2.75) is 26.4 Å². The van der Waals surface area contributed by atoms with Crippen LogP contribution in [0.3, 0.4) is 0 Å². The van der Waals surface area contributed by atoms with Crippen LogP contribution in [0.1, 0.15) is 26.3 Å². The summed E-state index contributed by atoms with van der Waals surface area (Å²) in [4.78, 5) is 11.8. The standard InChI is InChI=1S/C13H18BrN5O2/c1-13(2,3)21-12(20)18-10-5-4-9(14)6-8(10)7-17-19-11(15)16/h4-7H,1-3H3,(H,18,20)(H4,15,16,19). The lowest BCUT2D eigenvalue weighted by Crippen LogP contribution is -2.27. The Kier molecular flexibility index (Phi) is 5.71. The van der Waals surface area contributed by atoms with Gasteiger partial charge in [-0.05, 0) is 39.0 Å². The number of benzene rings is 1. The maximum Gasteiger partial charge on any atom is 0.412 e. The van der Waals surface area contributed by atoms with Gasteiger partial charge >= 0.3 is 6.09 Å². The number of carbonyl (C=O) groups is 1. The fourth-order valence-electron chi connectivity index (χ4n) is 1.33. The molecule has 0 saturated heterocycles. The van der Waals surface area contributed by atoms with Crippen molar-refractivity contribution < 1.29 is 9.53 Å². The van der Waals surface area contributed by atoms with E-state index in [1.807, 2.05) is 0 Å². The molecule has 1 aromatic carbocycles. The van der Waals surface area contributed by atoms with Gasteiger partial charge in [0.15, 0.2) is 0 Å². The number of rotatable bonds is 3. The predicted octanol–water partition coefficient (Wildman–Crippen LogP) is 2.40. The summed E-state index contributed by atoms with van der Waals surface area (Å²) in [5.41, 5.74) is 11.0. The van der Waals surface area contributed by atoms with E-state index in [1.165, 1.54) is 6.21 Å². The molecule has 0 aliphatic carbocycles. The van der Waals surface area contributed by atoms with Gasteiger partial charge in [0.05, 0.1) is 11.9 Å². The van der Waals surface area contributed by atoms with Crippen molar-refractivity contribution in [2.24, 2.45) is 21.7 Å². The molecule has 0 spiro atoms. The van der Waals surface area contributed by atoms with E-state index in [2.05, 4.69) is 31.4 Å². The lowest BCUT2D eigenvalue weighted by atomic mass is 10.2. The highest BCUT2D eigenvalue weighted by molar-refractivity contribution is 9.10. The summed E-state index contributed by atoms with van der Waals surface area (Å²) in [7, 11) is 0. The molecule has 0 unspecified atom stereocenters. The Morgan fingerprint density at radius 2 is 2.05 bits per heavy atom. The summed E-state index contributed by atoms with van der Waals surface area (Å²) in [6, 6.07) is 5.26. The molecular formula is C13H18BrN5O2. The number of guanidine groups is 1. The quantitative estimate of drug-likeness (QED) is 0.438. The van der Waals surface area contributed by atoms with Crippen molar-refractivity contribution in [3.8, 4) is 0 Å². The number of nitrogens with two attached hydrogens (primary N) is 2. The van der Waals surface area contributed by atoms with Crippen LogP contribution in [0.2, 0.25) is 0 Å². The molecule has 0 heterocycles. The molecule has 0 saturated carbocycles. The minimum atomic E-state index is -0.577. The molecular weight excluding hydrogens is 338 g/mol. The first-order chi connectivity index (χ1) is 9.67. The van der Waals surface area contributed by atoms with Gasteiger partial charge in [0.2, 0.25) is 5.96 Å². The molecule has 7 nitrogen and oxygen atoms in total. The molecule has 0 bridgehead atoms. The van der Waals surface area contributed by atoms with Crippen LogP contribution in [-0.2, 0) is 4.74 Å². The average molecular weight is 356 g/mol. The summed E-state index contributed by atoms with van der Waals surface area (Å²) in [5.74, 6) is -0.150. The first-order valence-electron chi connectivity index (χ1n) is 6.09. The van der Waals surface area contributed by atoms with Gasteiger partial charge < -0.3 is 16.2 Å². The van der Waals surface area contributed by atoms with E-state index in [1.54, 1.807) is 39.0 Å². The molecule has 0 fully saturated rings. The highest BCUT2D eigenvalue weighted by Crippen LogP contribution is 2.20. The second-order valence-electron chi connectivity index (χ2n) is 5.13. The van der Waals surface area contributed by atoms with E-state index in [9.17, 15) is 4.79 Å². The van der Waals surface area contributed by atoms with Gasteiger partial charge in [0, 0.05) is 10.0 Å². The summed E-state index contributed by atoms with van der Waals surface area (Å²) in [6.45, 7) is 5.36. The van der Waals surface area contributed by atoms with Crippen LogP contribution in [0.4, 0.5) is 10.5 Å². The smallest absolute Gasteiger partial charge is 0.412 e. The van der Waals surface area contributed by atoms with E-state index in [-0.39, 0.29) is 5.96 Å². The van der Waals surface area contributed by atoms with Crippen LogP contribution in [0.5, 0.6) is 0 Å². The second-order valence-corrected chi connectivity index (χ2v) is 6.04. The van der Waals surface area contributed by atoms with E-state index >= 15 is 0 Å². The Labute approximate surface area is 131 Å². The number of hydrogen-bond donors (Lipinski definition) is 3. The fourth-order valence-corrected chi connectivity index (χ4v) is 1.70. The SMILES string of the molecule is CC(C)(C)OC(=O)Nc1ccc(Br)cc1C=NN=C(N)N. The molecule has 21 heavy (non-hydrogen) atoms. The Bertz CT molecular complexity index is 574. The maximum atomic E-state index is 11.8. The van der Waals surface area contributed by atoms with Crippen molar-refractivity contribution in [2.75, 3.05) is 5.32 Å². The Morgan fingerprint density at radius 1 is 1.38 bits per heavy atom. The van der Waals surface area contributed by atoms with Crippen molar-refractivity contribution >= 4 is 39.9 Å². The average Bonchev–Trinajstić information content (AvgIpc) is 2.29. The minimum Gasteiger partial charge on any atom is -0.444 e. The summed E-state index contributed by atoms with van der Waals surface area (Å²) >= 11 is 3.34. The number of anilines is 1. The Morgan fingerprint density at radius 3 is 2.62 bits per heavy atom. The first-order valence-corrected chi connectivity index (χ1v) is 6.88. The van der Waals surface area contributed by atoms with E-state index in [0.29, 0.717) is 11.3 Å².